The third-order valence-electron chi connectivity index (χ3n) is 7.97. The number of aliphatic hydroxyl groups excluding tert-OH is 2. The summed E-state index contributed by atoms with van der Waals surface area (Å²) in [7, 11) is 0. The van der Waals surface area contributed by atoms with E-state index in [0.29, 0.717) is 18.3 Å². The van der Waals surface area contributed by atoms with Gasteiger partial charge in [0.15, 0.2) is 12.6 Å². The fraction of sp³-hybridized carbons (Fsp3) is 1.00. The maximum Gasteiger partial charge on any atom is 0.154 e. The van der Waals surface area contributed by atoms with Gasteiger partial charge >= 0.3 is 0 Å². The largest absolute Gasteiger partial charge is 0.368 e. The van der Waals surface area contributed by atoms with Crippen LogP contribution < -0.4 is 0 Å². The molecule has 0 radical (unpaired) electrons. The summed E-state index contributed by atoms with van der Waals surface area (Å²) in [5, 5.41) is 19.9. The van der Waals surface area contributed by atoms with Crippen LogP contribution in [-0.2, 0) is 9.47 Å². The minimum absolute atomic E-state index is 0.148. The average molecular weight is 397 g/mol. The second-order valence-corrected chi connectivity index (χ2v) is 9.87. The molecule has 3 rings (SSSR count). The minimum atomic E-state index is -0.697. The summed E-state index contributed by atoms with van der Waals surface area (Å²) in [6, 6.07) is 0. The Hall–Kier alpha value is -0.160. The molecule has 0 aromatic heterocycles. The molecule has 0 spiro atoms. The van der Waals surface area contributed by atoms with Crippen LogP contribution in [0.3, 0.4) is 0 Å². The monoisotopic (exact) mass is 396 g/mol. The number of hydrogen-bond donors (Lipinski definition) is 2. The highest BCUT2D eigenvalue weighted by molar-refractivity contribution is 4.98. The number of rotatable bonds is 9. The molecular formula is C24H44O4. The molecule has 0 heterocycles. The predicted octanol–water partition coefficient (Wildman–Crippen LogP) is 5.26. The van der Waals surface area contributed by atoms with Crippen molar-refractivity contribution < 1.29 is 19.7 Å². The lowest BCUT2D eigenvalue weighted by molar-refractivity contribution is -0.200. The zero-order valence-corrected chi connectivity index (χ0v) is 18.4. The third kappa shape index (κ3) is 5.71. The number of hydrogen-bond acceptors (Lipinski definition) is 4. The van der Waals surface area contributed by atoms with E-state index in [1.54, 1.807) is 6.92 Å². The van der Waals surface area contributed by atoms with Gasteiger partial charge in [-0.3, -0.25) is 0 Å². The van der Waals surface area contributed by atoms with Crippen LogP contribution in [0, 0.1) is 29.6 Å². The summed E-state index contributed by atoms with van der Waals surface area (Å²) in [6.07, 6.45) is 13.7. The van der Waals surface area contributed by atoms with E-state index >= 15 is 0 Å². The summed E-state index contributed by atoms with van der Waals surface area (Å²) in [5.74, 6) is 3.53. The predicted molar refractivity (Wildman–Crippen MR) is 112 cm³/mol. The maximum atomic E-state index is 10.1. The van der Waals surface area contributed by atoms with Gasteiger partial charge in [0.2, 0.25) is 0 Å². The molecule has 164 valence electrons. The second-order valence-electron chi connectivity index (χ2n) is 9.87. The molecule has 4 nitrogen and oxygen atoms in total. The van der Waals surface area contributed by atoms with E-state index in [0.717, 1.165) is 30.6 Å². The van der Waals surface area contributed by atoms with Gasteiger partial charge < -0.3 is 19.7 Å². The van der Waals surface area contributed by atoms with Crippen molar-refractivity contribution in [2.75, 3.05) is 0 Å². The van der Waals surface area contributed by atoms with E-state index in [2.05, 4.69) is 6.92 Å². The van der Waals surface area contributed by atoms with Crippen LogP contribution in [0.4, 0.5) is 0 Å². The Morgan fingerprint density at radius 3 is 1.96 bits per heavy atom. The smallest absolute Gasteiger partial charge is 0.154 e. The zero-order chi connectivity index (χ0) is 20.1. The van der Waals surface area contributed by atoms with E-state index < -0.39 is 12.6 Å². The van der Waals surface area contributed by atoms with Gasteiger partial charge in [-0.05, 0) is 81.5 Å². The highest BCUT2D eigenvalue weighted by Crippen LogP contribution is 2.52. The Balaban J connectivity index is 1.60. The first-order valence-corrected chi connectivity index (χ1v) is 12.2. The third-order valence-corrected chi connectivity index (χ3v) is 7.97. The zero-order valence-electron chi connectivity index (χ0n) is 18.4. The van der Waals surface area contributed by atoms with Crippen LogP contribution in [0.1, 0.15) is 97.8 Å². The molecule has 0 saturated heterocycles. The molecule has 3 aliphatic carbocycles. The van der Waals surface area contributed by atoms with Crippen molar-refractivity contribution in [1.82, 2.24) is 0 Å². The molecule has 5 unspecified atom stereocenters. The van der Waals surface area contributed by atoms with E-state index in [1.807, 2.05) is 6.92 Å². The topological polar surface area (TPSA) is 58.9 Å². The minimum Gasteiger partial charge on any atom is -0.368 e. The van der Waals surface area contributed by atoms with Crippen LogP contribution in [0.25, 0.3) is 0 Å². The SMILES string of the molecule is CCCCC1CCC([C@H]2CC3C(OC(C)O)CCC(OC(O)CC)[C@H]3C2)CC1. The molecule has 3 aliphatic rings. The van der Waals surface area contributed by atoms with E-state index in [1.165, 1.54) is 57.8 Å². The average Bonchev–Trinajstić information content (AvgIpc) is 3.14. The van der Waals surface area contributed by atoms with Gasteiger partial charge in [-0.15, -0.1) is 0 Å². The first-order valence-electron chi connectivity index (χ1n) is 12.2. The van der Waals surface area contributed by atoms with E-state index in [9.17, 15) is 10.2 Å². The first kappa shape index (κ1) is 22.5. The Morgan fingerprint density at radius 1 is 0.821 bits per heavy atom. The number of unbranched alkanes of at least 4 members (excludes halogenated alkanes) is 1. The molecule has 0 aliphatic heterocycles. The first-order chi connectivity index (χ1) is 13.5. The standard InChI is InChI=1S/C24H44O4/c1-4-6-7-17-8-10-18(11-9-17)19-14-20-21(15-19)23(28-24(26)5-2)13-12-22(20)27-16(3)25/h16-26H,4-15H2,1-3H3/t16?,17?,18?,19-,20?,21-,22?,23?,24?/m0/s1. The van der Waals surface area contributed by atoms with Crippen molar-refractivity contribution in [2.24, 2.45) is 29.6 Å². The van der Waals surface area contributed by atoms with Gasteiger partial charge in [-0.25, -0.2) is 0 Å². The van der Waals surface area contributed by atoms with Crippen molar-refractivity contribution in [3.63, 3.8) is 0 Å². The lowest BCUT2D eigenvalue weighted by Crippen LogP contribution is -2.43. The molecule has 3 saturated carbocycles. The van der Waals surface area contributed by atoms with Crippen molar-refractivity contribution in [1.29, 1.82) is 0 Å². The Labute approximate surface area is 172 Å². The fourth-order valence-electron chi connectivity index (χ4n) is 6.47. The van der Waals surface area contributed by atoms with Crippen molar-refractivity contribution in [2.45, 2.75) is 123 Å². The molecular weight excluding hydrogens is 352 g/mol. The summed E-state index contributed by atoms with van der Waals surface area (Å²) in [6.45, 7) is 5.99. The highest BCUT2D eigenvalue weighted by atomic mass is 16.6. The summed E-state index contributed by atoms with van der Waals surface area (Å²) in [5.41, 5.74) is 0. The van der Waals surface area contributed by atoms with Crippen LogP contribution >= 0.6 is 0 Å². The Morgan fingerprint density at radius 2 is 1.43 bits per heavy atom. The number of ether oxygens (including phenoxy) is 2. The van der Waals surface area contributed by atoms with Crippen LogP contribution in [0.2, 0.25) is 0 Å². The van der Waals surface area contributed by atoms with Crippen molar-refractivity contribution in [3.8, 4) is 0 Å². The van der Waals surface area contributed by atoms with Gasteiger partial charge in [-0.1, -0.05) is 46.0 Å². The normalized spacial score (nSPS) is 40.8. The lowest BCUT2D eigenvalue weighted by atomic mass is 9.73. The van der Waals surface area contributed by atoms with Gasteiger partial charge in [0, 0.05) is 0 Å². The van der Waals surface area contributed by atoms with Crippen LogP contribution in [0.5, 0.6) is 0 Å². The molecule has 4 heteroatoms. The van der Waals surface area contributed by atoms with Gasteiger partial charge in [-0.2, -0.15) is 0 Å². The maximum absolute atomic E-state index is 10.1. The Bertz CT molecular complexity index is 446. The highest BCUT2D eigenvalue weighted by Gasteiger charge is 2.49. The summed E-state index contributed by atoms with van der Waals surface area (Å²) in [4.78, 5) is 0. The molecule has 7 atom stereocenters. The molecule has 0 aromatic rings. The van der Waals surface area contributed by atoms with E-state index in [4.69, 9.17) is 9.47 Å². The second kappa shape index (κ2) is 10.7. The van der Waals surface area contributed by atoms with Gasteiger partial charge in [0.05, 0.1) is 12.2 Å². The molecule has 0 bridgehead atoms. The van der Waals surface area contributed by atoms with Crippen LogP contribution in [-0.4, -0.2) is 35.0 Å². The summed E-state index contributed by atoms with van der Waals surface area (Å²) >= 11 is 0. The Kier molecular flexibility index (Phi) is 8.64. The summed E-state index contributed by atoms with van der Waals surface area (Å²) < 4.78 is 12.0. The molecule has 2 N–H and O–H groups in total. The van der Waals surface area contributed by atoms with Crippen LogP contribution in [0.15, 0.2) is 0 Å². The van der Waals surface area contributed by atoms with Crippen molar-refractivity contribution >= 4 is 0 Å². The van der Waals surface area contributed by atoms with Gasteiger partial charge in [0.25, 0.3) is 0 Å². The number of aliphatic hydroxyl groups is 2. The molecule has 0 aromatic carbocycles. The van der Waals surface area contributed by atoms with E-state index in [-0.39, 0.29) is 12.2 Å². The molecule has 28 heavy (non-hydrogen) atoms. The quantitative estimate of drug-likeness (QED) is 0.522. The lowest BCUT2D eigenvalue weighted by Gasteiger charge is -2.40. The molecule has 0 amide bonds. The fourth-order valence-corrected chi connectivity index (χ4v) is 6.47. The number of fused-ring (bicyclic) bond motifs is 1. The van der Waals surface area contributed by atoms with Crippen molar-refractivity contribution in [3.05, 3.63) is 0 Å². The van der Waals surface area contributed by atoms with Gasteiger partial charge in [0.1, 0.15) is 0 Å². The molecule has 3 fully saturated rings.